The smallest absolute Gasteiger partial charge is 0.308 e. The third kappa shape index (κ3) is 6.21. The lowest BCUT2D eigenvalue weighted by atomic mass is 10.1. The minimum absolute atomic E-state index is 0.0775. The summed E-state index contributed by atoms with van der Waals surface area (Å²) in [6, 6.07) is 19.3. The fraction of sp³-hybridized carbons (Fsp3) is 0.276. The number of fused-ring (bicyclic) bond motifs is 1. The maximum Gasteiger partial charge on any atom is 0.308 e. The molecule has 0 spiro atoms. The molecule has 3 aromatic carbocycles. The van der Waals surface area contributed by atoms with Crippen LogP contribution in [0.25, 0.3) is 0 Å². The number of carbonyl (C=O) groups is 2. The highest BCUT2D eigenvalue weighted by Crippen LogP contribution is 2.36. The molecule has 2 aliphatic rings. The van der Waals surface area contributed by atoms with Gasteiger partial charge in [0.1, 0.15) is 10.6 Å². The molecule has 0 unspecified atom stereocenters. The number of rotatable bonds is 7. The van der Waals surface area contributed by atoms with E-state index >= 15 is 0 Å². The zero-order chi connectivity index (χ0) is 28.3. The molecular formula is C29H29IN4O5S. The number of hydrogen-bond acceptors (Lipinski definition) is 7. The highest BCUT2D eigenvalue weighted by molar-refractivity contribution is 14.1. The number of ether oxygens (including phenoxy) is 1. The van der Waals surface area contributed by atoms with Gasteiger partial charge in [0.15, 0.2) is 0 Å². The van der Waals surface area contributed by atoms with Gasteiger partial charge >= 0.3 is 5.97 Å². The maximum absolute atomic E-state index is 13.4. The Kier molecular flexibility index (Phi) is 8.52. The highest BCUT2D eigenvalue weighted by Gasteiger charge is 2.28. The topological polar surface area (TPSA) is 99.6 Å². The van der Waals surface area contributed by atoms with Crippen LogP contribution in [0.1, 0.15) is 34.8 Å². The van der Waals surface area contributed by atoms with Crippen molar-refractivity contribution in [3.05, 3.63) is 83.4 Å². The Hall–Kier alpha value is -3.29. The van der Waals surface area contributed by atoms with Crippen LogP contribution in [-0.2, 0) is 27.8 Å². The van der Waals surface area contributed by atoms with Crippen molar-refractivity contribution in [1.82, 2.24) is 9.80 Å². The number of piperazine rings is 1. The largest absolute Gasteiger partial charge is 0.427 e. The first-order chi connectivity index (χ1) is 19.2. The third-order valence-electron chi connectivity index (χ3n) is 6.90. The van der Waals surface area contributed by atoms with Gasteiger partial charge in [-0.05, 0) is 66.4 Å². The van der Waals surface area contributed by atoms with Crippen molar-refractivity contribution < 1.29 is 22.7 Å². The molecule has 1 saturated heterocycles. The van der Waals surface area contributed by atoms with Crippen molar-refractivity contribution in [3.8, 4) is 5.75 Å². The van der Waals surface area contributed by atoms with E-state index in [0.717, 1.165) is 43.6 Å². The number of para-hydroxylation sites is 1. The van der Waals surface area contributed by atoms with Gasteiger partial charge in [-0.3, -0.25) is 19.5 Å². The molecule has 3 aromatic rings. The lowest BCUT2D eigenvalue weighted by Crippen LogP contribution is -2.48. The summed E-state index contributed by atoms with van der Waals surface area (Å²) in [5.74, 6) is 0.0980. The van der Waals surface area contributed by atoms with Gasteiger partial charge in [0.2, 0.25) is 0 Å². The number of anilines is 1. The van der Waals surface area contributed by atoms with Crippen LogP contribution >= 0.6 is 22.9 Å². The molecule has 0 N–H and O–H groups in total. The summed E-state index contributed by atoms with van der Waals surface area (Å²) in [5.41, 5.74) is 3.50. The fourth-order valence-corrected chi connectivity index (χ4v) is 7.03. The van der Waals surface area contributed by atoms with Gasteiger partial charge < -0.3 is 9.64 Å². The second-order valence-corrected chi connectivity index (χ2v) is 13.1. The average molecular weight is 673 g/mol. The molecule has 5 rings (SSSR count). The van der Waals surface area contributed by atoms with E-state index in [-0.39, 0.29) is 16.8 Å². The lowest BCUT2D eigenvalue weighted by molar-refractivity contribution is -0.131. The van der Waals surface area contributed by atoms with Crippen LogP contribution < -0.4 is 7.26 Å². The Balaban J connectivity index is 1.19. The van der Waals surface area contributed by atoms with Crippen molar-refractivity contribution in [1.29, 1.82) is 0 Å². The van der Waals surface area contributed by atoms with Crippen LogP contribution in [0.15, 0.2) is 76.6 Å². The molecule has 0 saturated carbocycles. The summed E-state index contributed by atoms with van der Waals surface area (Å²) in [6.45, 7) is 4.78. The van der Waals surface area contributed by atoms with E-state index in [1.165, 1.54) is 9.44 Å². The first kappa shape index (κ1) is 28.2. The van der Waals surface area contributed by atoms with E-state index < -0.39 is 10.0 Å². The van der Waals surface area contributed by atoms with Gasteiger partial charge in [0, 0.05) is 51.4 Å². The second kappa shape index (κ2) is 12.1. The fourth-order valence-electron chi connectivity index (χ4n) is 4.83. The summed E-state index contributed by atoms with van der Waals surface area (Å²) in [6.07, 6.45) is 3.31. The summed E-state index contributed by atoms with van der Waals surface area (Å²) in [5, 5.41) is 0. The molecule has 0 aromatic heterocycles. The molecule has 208 valence electrons. The van der Waals surface area contributed by atoms with Crippen LogP contribution in [0.4, 0.5) is 11.4 Å². The first-order valence-electron chi connectivity index (χ1n) is 13.0. The Morgan fingerprint density at radius 1 is 0.975 bits per heavy atom. The quantitative estimate of drug-likeness (QED) is 0.155. The molecular weight excluding hydrogens is 643 g/mol. The zero-order valence-corrected chi connectivity index (χ0v) is 25.0. The molecule has 2 heterocycles. The molecule has 40 heavy (non-hydrogen) atoms. The Bertz CT molecular complexity index is 1530. The predicted molar refractivity (Wildman–Crippen MR) is 162 cm³/mol. The SMILES string of the molecule is CC(=O)Oc1ccc(CN2CCN(C(=O)c3ccc(N(I)S(=O)(=O)c4cccc5c4N=CCC5)cc3)CC2)cc1. The number of halogens is 1. The number of amides is 1. The minimum Gasteiger partial charge on any atom is -0.427 e. The van der Waals surface area contributed by atoms with Crippen molar-refractivity contribution in [2.24, 2.45) is 4.99 Å². The molecule has 11 heteroatoms. The Morgan fingerprint density at radius 2 is 1.68 bits per heavy atom. The van der Waals surface area contributed by atoms with Crippen LogP contribution in [0.5, 0.6) is 5.75 Å². The number of aliphatic imine (C=N–C) groups is 1. The maximum atomic E-state index is 13.4. The van der Waals surface area contributed by atoms with Crippen molar-refractivity contribution >= 4 is 62.4 Å². The molecule has 0 radical (unpaired) electrons. The summed E-state index contributed by atoms with van der Waals surface area (Å²) >= 11 is 1.79. The van der Waals surface area contributed by atoms with E-state index in [0.29, 0.717) is 35.8 Å². The number of nitrogens with zero attached hydrogens (tertiary/aromatic N) is 4. The second-order valence-electron chi connectivity index (χ2n) is 9.69. The van der Waals surface area contributed by atoms with Gasteiger partial charge in [-0.25, -0.2) is 10.9 Å². The van der Waals surface area contributed by atoms with E-state index in [4.69, 9.17) is 4.74 Å². The number of aryl methyl sites for hydroxylation is 1. The first-order valence-corrected chi connectivity index (χ1v) is 15.4. The Morgan fingerprint density at radius 3 is 2.35 bits per heavy atom. The van der Waals surface area contributed by atoms with Gasteiger partial charge in [0.05, 0.1) is 34.2 Å². The monoisotopic (exact) mass is 672 g/mol. The van der Waals surface area contributed by atoms with Gasteiger partial charge in [-0.2, -0.15) is 0 Å². The summed E-state index contributed by atoms with van der Waals surface area (Å²) in [4.78, 5) is 32.9. The van der Waals surface area contributed by atoms with Crippen LogP contribution in [0.3, 0.4) is 0 Å². The molecule has 0 atom stereocenters. The standard InChI is InChI=1S/C29H29IN4O5S/c1-21(35)39-26-13-7-22(8-14-26)20-32-16-18-33(19-17-32)29(36)24-9-11-25(12-10-24)34(30)40(37,38)27-6-2-4-23-5-3-15-31-28(23)27/h2,4,6-15H,3,5,16-20H2,1H3. The molecule has 0 aliphatic carbocycles. The van der Waals surface area contributed by atoms with Gasteiger partial charge in [-0.15, -0.1) is 0 Å². The number of hydrogen-bond donors (Lipinski definition) is 0. The van der Waals surface area contributed by atoms with E-state index in [1.54, 1.807) is 77.6 Å². The van der Waals surface area contributed by atoms with Crippen molar-refractivity contribution in [2.45, 2.75) is 31.2 Å². The van der Waals surface area contributed by atoms with E-state index in [2.05, 4.69) is 9.89 Å². The molecule has 0 bridgehead atoms. The van der Waals surface area contributed by atoms with Crippen LogP contribution in [0, 0.1) is 0 Å². The lowest BCUT2D eigenvalue weighted by Gasteiger charge is -2.34. The molecule has 9 nitrogen and oxygen atoms in total. The van der Waals surface area contributed by atoms with Gasteiger partial charge in [0.25, 0.3) is 15.9 Å². The molecule has 2 aliphatic heterocycles. The predicted octanol–water partition coefficient (Wildman–Crippen LogP) is 4.76. The van der Waals surface area contributed by atoms with Crippen molar-refractivity contribution in [3.63, 3.8) is 0 Å². The van der Waals surface area contributed by atoms with Crippen LogP contribution in [0.2, 0.25) is 0 Å². The Labute approximate surface area is 248 Å². The average Bonchev–Trinajstić information content (AvgIpc) is 2.97. The van der Waals surface area contributed by atoms with Crippen molar-refractivity contribution in [2.75, 3.05) is 28.7 Å². The van der Waals surface area contributed by atoms with E-state index in [1.807, 2.05) is 23.1 Å². The third-order valence-corrected chi connectivity index (χ3v) is 10.5. The number of carbonyl (C=O) groups excluding carboxylic acids is 2. The summed E-state index contributed by atoms with van der Waals surface area (Å²) in [7, 11) is -3.84. The number of esters is 1. The van der Waals surface area contributed by atoms with Gasteiger partial charge in [-0.1, -0.05) is 24.3 Å². The van der Waals surface area contributed by atoms with Crippen LogP contribution in [-0.4, -0.2) is 62.5 Å². The molecule has 1 amide bonds. The summed E-state index contributed by atoms with van der Waals surface area (Å²) < 4.78 is 33.2. The van der Waals surface area contributed by atoms with E-state index in [9.17, 15) is 18.0 Å². The normalized spacial score (nSPS) is 15.4. The minimum atomic E-state index is -3.84. The molecule has 1 fully saturated rings. The number of sulfonamides is 1. The number of benzene rings is 3. The highest BCUT2D eigenvalue weighted by atomic mass is 127. The zero-order valence-electron chi connectivity index (χ0n) is 22.0.